The van der Waals surface area contributed by atoms with Crippen LogP contribution in [0.1, 0.15) is 121 Å². The molecule has 2 saturated carbocycles. The molecule has 0 aliphatic heterocycles. The van der Waals surface area contributed by atoms with Gasteiger partial charge >= 0.3 is 6.03 Å². The van der Waals surface area contributed by atoms with Gasteiger partial charge in [0.2, 0.25) is 12.3 Å². The fourth-order valence-electron chi connectivity index (χ4n) is 4.65. The highest BCUT2D eigenvalue weighted by atomic mass is 31.0. The summed E-state index contributed by atoms with van der Waals surface area (Å²) >= 11 is 0. The summed E-state index contributed by atoms with van der Waals surface area (Å²) in [6.45, 7) is 28.8. The van der Waals surface area contributed by atoms with Crippen LogP contribution < -0.4 is 21.3 Å². The van der Waals surface area contributed by atoms with E-state index in [1.807, 2.05) is 48.5 Å². The van der Waals surface area contributed by atoms with Crippen LogP contribution in [0, 0.1) is 17.8 Å². The van der Waals surface area contributed by atoms with E-state index in [1.54, 1.807) is 7.05 Å². The Morgan fingerprint density at radius 1 is 1.02 bits per heavy atom. The quantitative estimate of drug-likeness (QED) is 0.0543. The number of urea groups is 1. The van der Waals surface area contributed by atoms with Crippen molar-refractivity contribution >= 4 is 39.8 Å². The van der Waals surface area contributed by atoms with E-state index < -0.39 is 12.0 Å². The maximum Gasteiger partial charge on any atom is 0.324 e. The van der Waals surface area contributed by atoms with Crippen LogP contribution in [-0.4, -0.2) is 79.9 Å². The minimum Gasteiger partial charge on any atom is -0.481 e. The van der Waals surface area contributed by atoms with E-state index in [0.29, 0.717) is 19.2 Å². The smallest absolute Gasteiger partial charge is 0.324 e. The lowest BCUT2D eigenvalue weighted by atomic mass is 9.72. The molecule has 4 amide bonds. The number of aliphatic carboxylic acids is 1. The second-order valence-corrected chi connectivity index (χ2v) is 11.4. The van der Waals surface area contributed by atoms with Gasteiger partial charge in [-0.05, 0) is 76.7 Å². The molecule has 2 aliphatic rings. The van der Waals surface area contributed by atoms with Gasteiger partial charge in [-0.3, -0.25) is 19.3 Å². The minimum atomic E-state index is -0.833. The van der Waals surface area contributed by atoms with Crippen molar-refractivity contribution in [3.63, 3.8) is 0 Å². The molecule has 2 rings (SSSR count). The number of nitrogens with zero attached hydrogens (tertiary/aromatic N) is 1. The van der Waals surface area contributed by atoms with Crippen molar-refractivity contribution in [2.45, 2.75) is 127 Å². The predicted molar refractivity (Wildman–Crippen MR) is 206 cm³/mol. The zero-order valence-electron chi connectivity index (χ0n) is 32.4. The zero-order valence-corrected chi connectivity index (χ0v) is 33.5. The van der Waals surface area contributed by atoms with Gasteiger partial charge in [0.15, 0.2) is 0 Å². The van der Waals surface area contributed by atoms with Crippen LogP contribution in [0.15, 0.2) is 24.2 Å². The zero-order chi connectivity index (χ0) is 38.5. The lowest BCUT2D eigenvalue weighted by Gasteiger charge is -2.33. The van der Waals surface area contributed by atoms with Gasteiger partial charge in [-0.25, -0.2) is 4.79 Å². The van der Waals surface area contributed by atoms with Gasteiger partial charge in [-0.15, -0.1) is 0 Å². The molecule has 2 fully saturated rings. The minimum absolute atomic E-state index is 0.0637. The maximum atomic E-state index is 11.5. The Hall–Kier alpha value is -2.78. The molecule has 0 aromatic rings. The Kier molecular flexibility index (Phi) is 46.0. The summed E-state index contributed by atoms with van der Waals surface area (Å²) in [4.78, 5) is 53.3. The summed E-state index contributed by atoms with van der Waals surface area (Å²) in [5.74, 6) is 1.95. The monoisotopic (exact) mass is 704 g/mol. The van der Waals surface area contributed by atoms with Crippen molar-refractivity contribution in [1.29, 1.82) is 0 Å². The Bertz CT molecular complexity index is 840. The molecule has 0 bridgehead atoms. The lowest BCUT2D eigenvalue weighted by Crippen LogP contribution is -2.44. The molecule has 12 heteroatoms. The molecule has 0 aromatic heterocycles. The van der Waals surface area contributed by atoms with Gasteiger partial charge < -0.3 is 31.2 Å². The first kappa shape index (κ1) is 54.7. The molecular formula is C36H74N5O6P. The third-order valence-corrected chi connectivity index (χ3v) is 6.69. The Labute approximate surface area is 296 Å². The number of likely N-dealkylation sites (N-methyl/N-ethyl adjacent to an activating group) is 1. The van der Waals surface area contributed by atoms with E-state index in [9.17, 15) is 19.2 Å². The highest BCUT2D eigenvalue weighted by Gasteiger charge is 2.42. The Morgan fingerprint density at radius 2 is 1.54 bits per heavy atom. The van der Waals surface area contributed by atoms with E-state index in [4.69, 9.17) is 9.90 Å². The number of hydrogen-bond donors (Lipinski definition) is 5. The van der Waals surface area contributed by atoms with E-state index >= 15 is 0 Å². The number of rotatable bonds is 15. The number of carbonyl (C=O) groups is 5. The molecule has 0 spiro atoms. The maximum absolute atomic E-state index is 11.5. The molecule has 0 aromatic carbocycles. The van der Waals surface area contributed by atoms with Gasteiger partial charge in [0.1, 0.15) is 6.29 Å². The van der Waals surface area contributed by atoms with Crippen LogP contribution in [-0.2, 0) is 19.2 Å². The molecule has 4 unspecified atom stereocenters. The van der Waals surface area contributed by atoms with Crippen LogP contribution in [0.2, 0.25) is 0 Å². The van der Waals surface area contributed by atoms with Gasteiger partial charge in [0, 0.05) is 31.5 Å². The second-order valence-electron chi connectivity index (χ2n) is 10.7. The molecule has 5 N–H and O–H groups in total. The molecular weight excluding hydrogens is 629 g/mol. The van der Waals surface area contributed by atoms with Gasteiger partial charge in [-0.1, -0.05) is 89.8 Å². The summed E-state index contributed by atoms with van der Waals surface area (Å²) in [7, 11) is 4.25. The Morgan fingerprint density at radius 3 is 1.96 bits per heavy atom. The van der Waals surface area contributed by atoms with E-state index in [0.717, 1.165) is 67.4 Å². The fourth-order valence-corrected chi connectivity index (χ4v) is 4.79. The Balaban J connectivity index is -0.000000190. The van der Waals surface area contributed by atoms with Crippen molar-refractivity contribution in [3.05, 3.63) is 24.2 Å². The number of nitrogens with one attached hydrogen (secondary N) is 4. The predicted octanol–water partition coefficient (Wildman–Crippen LogP) is 6.75. The highest BCUT2D eigenvalue weighted by molar-refractivity contribution is 7.22. The summed E-state index contributed by atoms with van der Waals surface area (Å²) in [6, 6.07) is -0.612. The molecule has 48 heavy (non-hydrogen) atoms. The number of amides is 4. The van der Waals surface area contributed by atoms with E-state index in [2.05, 4.69) is 57.5 Å². The first-order chi connectivity index (χ1) is 22.9. The number of imide groups is 1. The normalized spacial score (nSPS) is 16.4. The number of allylic oxidation sites excluding steroid dienone is 1. The highest BCUT2D eigenvalue weighted by Crippen LogP contribution is 2.53. The van der Waals surface area contributed by atoms with Crippen LogP contribution in [0.4, 0.5) is 4.79 Å². The first-order valence-corrected chi connectivity index (χ1v) is 18.4. The summed E-state index contributed by atoms with van der Waals surface area (Å²) in [6.07, 6.45) is 10.1. The largest absolute Gasteiger partial charge is 0.481 e. The van der Waals surface area contributed by atoms with Crippen LogP contribution in [0.5, 0.6) is 0 Å². The molecule has 5 atom stereocenters. The molecule has 284 valence electrons. The summed E-state index contributed by atoms with van der Waals surface area (Å²) < 4.78 is 0. The second kappa shape index (κ2) is 40.4. The topological polar surface area (TPSA) is 157 Å². The standard InChI is InChI=1S/C14H24N2O.C11H20N3O3P.C3H8.C2H4O2.3C2H6/c1-10-6-12-7-11(8-13(10)12)4-3-5-16-14(17)9-15-2;1-9(4-3-5-12-10(2)18)13-11(17)14(8-16)6-7-15;1-3-2;1-2(3)4;3*1-2/h11-13,15H,1,3-9H2,2H3,(H,16,17);7-9,12H,2-6,18H2,1H3,(H,13,17);3H2,1-2H3;1H3,(H,3,4);3*1-2H3/t;9-;;;;;/m.1...../s1. The number of hydrogen-bond acceptors (Lipinski definition) is 7. The van der Waals surface area contributed by atoms with Crippen molar-refractivity contribution in [3.8, 4) is 0 Å². The average molecular weight is 704 g/mol. The fraction of sp³-hybridized carbons (Fsp3) is 0.750. The van der Waals surface area contributed by atoms with E-state index in [-0.39, 0.29) is 18.5 Å². The van der Waals surface area contributed by atoms with Crippen LogP contribution >= 0.6 is 9.24 Å². The van der Waals surface area contributed by atoms with E-state index in [1.165, 1.54) is 37.7 Å². The van der Waals surface area contributed by atoms with Gasteiger partial charge in [0.25, 0.3) is 5.97 Å². The van der Waals surface area contributed by atoms with Gasteiger partial charge in [0.05, 0.1) is 13.1 Å². The number of aldehydes is 1. The number of carboxylic acid groups (broad SMARTS) is 1. The van der Waals surface area contributed by atoms with Crippen molar-refractivity contribution in [2.75, 3.05) is 33.2 Å². The number of carbonyl (C=O) groups excluding carboxylic acids is 4. The third-order valence-electron chi connectivity index (χ3n) is 6.48. The number of fused-ring (bicyclic) bond motifs is 1. The summed E-state index contributed by atoms with van der Waals surface area (Å²) in [5, 5.41) is 18.9. The molecule has 11 nitrogen and oxygen atoms in total. The van der Waals surface area contributed by atoms with Gasteiger partial charge in [-0.2, -0.15) is 0 Å². The average Bonchev–Trinajstić information content (AvgIpc) is 3.39. The van der Waals surface area contributed by atoms with Crippen molar-refractivity contribution in [1.82, 2.24) is 26.2 Å². The molecule has 0 radical (unpaired) electrons. The lowest BCUT2D eigenvalue weighted by molar-refractivity contribution is -0.134. The van der Waals surface area contributed by atoms with Crippen LogP contribution in [0.3, 0.4) is 0 Å². The SMILES string of the molecule is C=C(P)NCCC[C@@H](C)NC(=O)N(C=O)CC=O.C=C1CC2CC(CCCNC(=O)CNC)CC12.CC.CC.CC.CC(=O)O.CCC. The molecule has 2 aliphatic carbocycles. The number of carboxylic acids is 1. The molecule has 0 saturated heterocycles. The van der Waals surface area contributed by atoms with Crippen molar-refractivity contribution in [2.24, 2.45) is 17.8 Å². The van der Waals surface area contributed by atoms with Crippen molar-refractivity contribution < 1.29 is 29.1 Å². The van der Waals surface area contributed by atoms with Crippen LogP contribution in [0.25, 0.3) is 0 Å². The molecule has 0 heterocycles. The summed E-state index contributed by atoms with van der Waals surface area (Å²) in [5.41, 5.74) is 2.31. The third kappa shape index (κ3) is 34.6. The first-order valence-electron chi connectivity index (χ1n) is 17.8.